The number of benzene rings is 1. The molecule has 0 N–H and O–H groups in total. The minimum atomic E-state index is -0.721. The van der Waals surface area contributed by atoms with E-state index in [9.17, 15) is 15.3 Å². The lowest BCUT2D eigenvalue weighted by Crippen LogP contribution is -2.31. The van der Waals surface area contributed by atoms with E-state index in [1.807, 2.05) is 43.3 Å². The van der Waals surface area contributed by atoms with Gasteiger partial charge in [-0.3, -0.25) is 0 Å². The first-order chi connectivity index (χ1) is 16.9. The van der Waals surface area contributed by atoms with Crippen molar-refractivity contribution in [2.45, 2.75) is 59.4 Å². The van der Waals surface area contributed by atoms with Gasteiger partial charge in [0.15, 0.2) is 5.00 Å². The predicted molar refractivity (Wildman–Crippen MR) is 142 cm³/mol. The zero-order chi connectivity index (χ0) is 25.8. The number of halogens is 1. The number of thiophene rings is 1. The molecule has 0 atom stereocenters. The van der Waals surface area contributed by atoms with Crippen LogP contribution in [0.25, 0.3) is 6.08 Å². The minimum absolute atomic E-state index is 0.124. The third kappa shape index (κ3) is 7.92. The molecule has 1 heterocycles. The number of unbranched alkanes of at least 4 members (excludes halogenated alkanes) is 2. The van der Waals surface area contributed by atoms with Crippen LogP contribution in [-0.2, 0) is 9.53 Å². The van der Waals surface area contributed by atoms with E-state index in [1.54, 1.807) is 0 Å². The van der Waals surface area contributed by atoms with E-state index in [1.165, 1.54) is 6.08 Å². The van der Waals surface area contributed by atoms with Crippen LogP contribution >= 0.6 is 22.9 Å². The molecule has 1 aromatic heterocycles. The zero-order valence-electron chi connectivity index (χ0n) is 20.5. The highest BCUT2D eigenvalue weighted by molar-refractivity contribution is 7.17. The van der Waals surface area contributed by atoms with Crippen LogP contribution in [0.15, 0.2) is 40.1 Å². The van der Waals surface area contributed by atoms with Crippen LogP contribution in [0, 0.1) is 22.7 Å². The number of rotatable bonds is 12. The second kappa shape index (κ2) is 14.3. The maximum atomic E-state index is 12.2. The molecule has 0 aliphatic carbocycles. The fourth-order valence-electron chi connectivity index (χ4n) is 3.16. The lowest BCUT2D eigenvalue weighted by Gasteiger charge is -2.29. The average Bonchev–Trinajstić information content (AvgIpc) is 3.15. The Morgan fingerprint density at radius 2 is 1.86 bits per heavy atom. The SMILES string of the molecule is CCCCOC(=O)C(C#N)=Cc1sc(N=Nc2ccc(N(CCCC)C(C)C)cc2)c(C#N)c1Cl. The number of nitriles is 2. The van der Waals surface area contributed by atoms with Gasteiger partial charge in [-0.1, -0.05) is 38.3 Å². The first kappa shape index (κ1) is 28.0. The molecule has 0 spiro atoms. The van der Waals surface area contributed by atoms with Gasteiger partial charge in [-0.2, -0.15) is 10.5 Å². The van der Waals surface area contributed by atoms with Crippen molar-refractivity contribution in [1.29, 1.82) is 10.5 Å². The van der Waals surface area contributed by atoms with Crippen LogP contribution in [0.2, 0.25) is 5.02 Å². The second-order valence-electron chi connectivity index (χ2n) is 8.09. The Morgan fingerprint density at radius 1 is 1.17 bits per heavy atom. The van der Waals surface area contributed by atoms with Gasteiger partial charge >= 0.3 is 5.97 Å². The molecule has 0 bridgehead atoms. The Kier molecular flexibility index (Phi) is 11.4. The van der Waals surface area contributed by atoms with Gasteiger partial charge in [-0.05, 0) is 57.0 Å². The molecule has 0 saturated heterocycles. The van der Waals surface area contributed by atoms with Crippen molar-refractivity contribution in [2.24, 2.45) is 10.2 Å². The summed E-state index contributed by atoms with van der Waals surface area (Å²) in [5, 5.41) is 27.8. The van der Waals surface area contributed by atoms with Gasteiger partial charge in [-0.15, -0.1) is 21.6 Å². The number of ether oxygens (including phenoxy) is 1. The summed E-state index contributed by atoms with van der Waals surface area (Å²) in [7, 11) is 0. The zero-order valence-corrected chi connectivity index (χ0v) is 22.1. The molecule has 0 radical (unpaired) electrons. The molecule has 35 heavy (non-hydrogen) atoms. The van der Waals surface area contributed by atoms with Crippen LogP contribution < -0.4 is 4.90 Å². The Morgan fingerprint density at radius 3 is 2.43 bits per heavy atom. The van der Waals surface area contributed by atoms with Crippen molar-refractivity contribution in [3.8, 4) is 12.1 Å². The Bertz CT molecular complexity index is 1140. The molecule has 0 unspecified atom stereocenters. The molecule has 0 aliphatic heterocycles. The maximum Gasteiger partial charge on any atom is 0.348 e. The third-order valence-electron chi connectivity index (χ3n) is 5.13. The minimum Gasteiger partial charge on any atom is -0.462 e. The quantitative estimate of drug-likeness (QED) is 0.0945. The van der Waals surface area contributed by atoms with Gasteiger partial charge in [0.05, 0.1) is 22.2 Å². The largest absolute Gasteiger partial charge is 0.462 e. The molecule has 7 nitrogen and oxygen atoms in total. The van der Waals surface area contributed by atoms with Crippen molar-refractivity contribution in [3.05, 3.63) is 45.3 Å². The molecular weight excluding hydrogens is 482 g/mol. The first-order valence-corrected chi connectivity index (χ1v) is 12.8. The van der Waals surface area contributed by atoms with Gasteiger partial charge in [0.25, 0.3) is 0 Å². The highest BCUT2D eigenvalue weighted by atomic mass is 35.5. The Balaban J connectivity index is 2.26. The van der Waals surface area contributed by atoms with Crippen molar-refractivity contribution < 1.29 is 9.53 Å². The Labute approximate surface area is 216 Å². The Hall–Kier alpha value is -3.20. The van der Waals surface area contributed by atoms with Gasteiger partial charge in [0.2, 0.25) is 0 Å². The average molecular weight is 512 g/mol. The summed E-state index contributed by atoms with van der Waals surface area (Å²) in [5.41, 5.74) is 1.71. The second-order valence-corrected chi connectivity index (χ2v) is 9.50. The number of nitrogens with zero attached hydrogens (tertiary/aromatic N) is 5. The molecule has 0 aliphatic rings. The van der Waals surface area contributed by atoms with Crippen molar-refractivity contribution in [2.75, 3.05) is 18.1 Å². The number of carbonyl (C=O) groups is 1. The fourth-order valence-corrected chi connectivity index (χ4v) is 4.43. The van der Waals surface area contributed by atoms with E-state index >= 15 is 0 Å². The molecule has 2 aromatic rings. The molecule has 0 fully saturated rings. The van der Waals surface area contributed by atoms with Crippen molar-refractivity contribution >= 4 is 51.4 Å². The number of hydrogen-bond donors (Lipinski definition) is 0. The molecule has 184 valence electrons. The lowest BCUT2D eigenvalue weighted by molar-refractivity contribution is -0.138. The number of esters is 1. The van der Waals surface area contributed by atoms with Crippen LogP contribution in [0.5, 0.6) is 0 Å². The van der Waals surface area contributed by atoms with E-state index in [-0.39, 0.29) is 22.8 Å². The number of carbonyl (C=O) groups excluding carboxylic acids is 1. The van der Waals surface area contributed by atoms with Gasteiger partial charge in [0, 0.05) is 18.3 Å². The topological polar surface area (TPSA) is 102 Å². The molecular formula is C26H30ClN5O2S. The van der Waals surface area contributed by atoms with Crippen LogP contribution in [0.1, 0.15) is 63.8 Å². The highest BCUT2D eigenvalue weighted by Gasteiger charge is 2.19. The van der Waals surface area contributed by atoms with Crippen molar-refractivity contribution in [1.82, 2.24) is 0 Å². The predicted octanol–water partition coefficient (Wildman–Crippen LogP) is 7.95. The summed E-state index contributed by atoms with van der Waals surface area (Å²) in [4.78, 5) is 14.9. The van der Waals surface area contributed by atoms with E-state index in [4.69, 9.17) is 16.3 Å². The monoisotopic (exact) mass is 511 g/mol. The summed E-state index contributed by atoms with van der Waals surface area (Å²) in [5.74, 6) is -0.721. The molecule has 0 saturated carbocycles. The normalized spacial score (nSPS) is 11.5. The van der Waals surface area contributed by atoms with Gasteiger partial charge in [-0.25, -0.2) is 4.79 Å². The van der Waals surface area contributed by atoms with E-state index in [2.05, 4.69) is 35.9 Å². The molecule has 0 amide bonds. The molecule has 1 aromatic carbocycles. The maximum absolute atomic E-state index is 12.2. The number of anilines is 1. The lowest BCUT2D eigenvalue weighted by atomic mass is 10.2. The van der Waals surface area contributed by atoms with Gasteiger partial charge < -0.3 is 9.64 Å². The smallest absolute Gasteiger partial charge is 0.348 e. The molecule has 2 rings (SSSR count). The first-order valence-electron chi connectivity index (χ1n) is 11.7. The van der Waals surface area contributed by atoms with E-state index in [0.717, 1.165) is 42.8 Å². The van der Waals surface area contributed by atoms with Gasteiger partial charge in [0.1, 0.15) is 23.3 Å². The van der Waals surface area contributed by atoms with Crippen molar-refractivity contribution in [3.63, 3.8) is 0 Å². The summed E-state index contributed by atoms with van der Waals surface area (Å²) < 4.78 is 5.10. The number of hydrogen-bond acceptors (Lipinski definition) is 8. The summed E-state index contributed by atoms with van der Waals surface area (Å²) in [6.07, 6.45) is 5.16. The van der Waals surface area contributed by atoms with Crippen LogP contribution in [-0.4, -0.2) is 25.2 Å². The highest BCUT2D eigenvalue weighted by Crippen LogP contribution is 2.40. The van der Waals surface area contributed by atoms with Crippen LogP contribution in [0.4, 0.5) is 16.4 Å². The van der Waals surface area contributed by atoms with E-state index in [0.29, 0.717) is 28.0 Å². The number of azo groups is 1. The summed E-state index contributed by atoms with van der Waals surface area (Å²) in [6.45, 7) is 9.71. The fraction of sp³-hybridized carbons (Fsp3) is 0.423. The summed E-state index contributed by atoms with van der Waals surface area (Å²) >= 11 is 7.43. The molecule has 9 heteroatoms. The van der Waals surface area contributed by atoms with E-state index < -0.39 is 5.97 Å². The summed E-state index contributed by atoms with van der Waals surface area (Å²) in [6, 6.07) is 12.0. The third-order valence-corrected chi connectivity index (χ3v) is 6.65. The standard InChI is InChI=1S/C26H30ClN5O2S/c1-5-7-13-32(18(3)4)21-11-9-20(10-12-21)30-31-25-22(17-29)24(27)23(35-25)15-19(16-28)26(33)34-14-8-6-2/h9-12,15,18H,5-8,13-14H2,1-4H3. The van der Waals surface area contributed by atoms with Crippen LogP contribution in [0.3, 0.4) is 0 Å².